The summed E-state index contributed by atoms with van der Waals surface area (Å²) in [7, 11) is 1.75. The summed E-state index contributed by atoms with van der Waals surface area (Å²) >= 11 is 1.24. The van der Waals surface area contributed by atoms with Crippen LogP contribution in [0.4, 0.5) is 13.2 Å². The van der Waals surface area contributed by atoms with Gasteiger partial charge in [0.05, 0.1) is 22.2 Å². The number of hydrogen-bond acceptors (Lipinski definition) is 4. The third-order valence-corrected chi connectivity index (χ3v) is 3.70. The lowest BCUT2D eigenvalue weighted by atomic mass is 10.0. The van der Waals surface area contributed by atoms with Gasteiger partial charge in [0, 0.05) is 0 Å². The van der Waals surface area contributed by atoms with Gasteiger partial charge in [-0.3, -0.25) is 0 Å². The summed E-state index contributed by atoms with van der Waals surface area (Å²) in [6.45, 7) is 1.83. The molecule has 0 spiro atoms. The van der Waals surface area contributed by atoms with E-state index in [1.165, 1.54) is 23.7 Å². The Labute approximate surface area is 112 Å². The van der Waals surface area contributed by atoms with Crippen molar-refractivity contribution in [2.75, 3.05) is 7.05 Å². The molecule has 0 radical (unpaired) electrons. The van der Waals surface area contributed by atoms with Gasteiger partial charge in [-0.05, 0) is 43.2 Å². The van der Waals surface area contributed by atoms with Crippen LogP contribution in [0.25, 0.3) is 0 Å². The molecule has 0 aliphatic heterocycles. The van der Waals surface area contributed by atoms with Crippen LogP contribution in [0.2, 0.25) is 0 Å². The van der Waals surface area contributed by atoms with Crippen molar-refractivity contribution < 1.29 is 13.2 Å². The molecule has 1 heterocycles. The molecule has 0 saturated heterocycles. The molecule has 0 fully saturated rings. The highest BCUT2D eigenvalue weighted by Crippen LogP contribution is 2.32. The van der Waals surface area contributed by atoms with Crippen LogP contribution in [-0.4, -0.2) is 16.6 Å². The lowest BCUT2D eigenvalue weighted by Crippen LogP contribution is -2.17. The number of halogens is 3. The predicted octanol–water partition coefficient (Wildman–Crippen LogP) is 3.17. The Hall–Kier alpha value is -1.47. The molecule has 3 nitrogen and oxygen atoms in total. The van der Waals surface area contributed by atoms with Gasteiger partial charge >= 0.3 is 6.18 Å². The molecule has 1 N–H and O–H groups in total. The van der Waals surface area contributed by atoms with E-state index in [1.807, 2.05) is 6.92 Å². The van der Waals surface area contributed by atoms with Gasteiger partial charge in [-0.1, -0.05) is 16.6 Å². The van der Waals surface area contributed by atoms with Gasteiger partial charge in [0.1, 0.15) is 0 Å². The minimum atomic E-state index is -4.31. The zero-order valence-corrected chi connectivity index (χ0v) is 11.1. The molecule has 2 aromatic rings. The quantitative estimate of drug-likeness (QED) is 0.942. The van der Waals surface area contributed by atoms with Crippen LogP contribution in [0.3, 0.4) is 0 Å². The first-order valence-electron chi connectivity index (χ1n) is 5.56. The van der Waals surface area contributed by atoms with Crippen LogP contribution in [0.15, 0.2) is 24.3 Å². The van der Waals surface area contributed by atoms with Crippen molar-refractivity contribution in [1.29, 1.82) is 0 Å². The van der Waals surface area contributed by atoms with Crippen LogP contribution in [-0.2, 0) is 6.18 Å². The highest BCUT2D eigenvalue weighted by Gasteiger charge is 2.30. The van der Waals surface area contributed by atoms with Crippen molar-refractivity contribution in [2.24, 2.45) is 0 Å². The van der Waals surface area contributed by atoms with Crippen LogP contribution >= 0.6 is 11.5 Å². The minimum absolute atomic E-state index is 0.192. The second kappa shape index (κ2) is 5.26. The Kier molecular flexibility index (Phi) is 3.86. The standard InChI is InChI=1S/C12H12F3N3S/c1-7-11(19-18-17-7)10(16-2)8-3-5-9(6-4-8)12(13,14)15/h3-6,10,16H,1-2H3. The van der Waals surface area contributed by atoms with Gasteiger partial charge in [0.2, 0.25) is 0 Å². The van der Waals surface area contributed by atoms with Crippen LogP contribution in [0.1, 0.15) is 27.7 Å². The van der Waals surface area contributed by atoms with E-state index in [1.54, 1.807) is 7.05 Å². The summed E-state index contributed by atoms with van der Waals surface area (Å²) in [4.78, 5) is 0.905. The maximum absolute atomic E-state index is 12.5. The molecule has 102 valence electrons. The SMILES string of the molecule is CNC(c1ccc(C(F)(F)F)cc1)c1snnc1C. The van der Waals surface area contributed by atoms with Crippen molar-refractivity contribution in [1.82, 2.24) is 14.9 Å². The van der Waals surface area contributed by atoms with Gasteiger partial charge in [-0.15, -0.1) is 5.10 Å². The fourth-order valence-electron chi connectivity index (χ4n) is 1.82. The Morgan fingerprint density at radius 1 is 1.21 bits per heavy atom. The van der Waals surface area contributed by atoms with E-state index in [-0.39, 0.29) is 6.04 Å². The number of aryl methyl sites for hydroxylation is 1. The number of nitrogens with zero attached hydrogens (tertiary/aromatic N) is 2. The van der Waals surface area contributed by atoms with Crippen molar-refractivity contribution >= 4 is 11.5 Å². The second-order valence-electron chi connectivity index (χ2n) is 4.06. The average Bonchev–Trinajstić information content (AvgIpc) is 2.76. The molecule has 0 aliphatic rings. The Morgan fingerprint density at radius 2 is 1.84 bits per heavy atom. The van der Waals surface area contributed by atoms with Gasteiger partial charge in [0.15, 0.2) is 0 Å². The summed E-state index contributed by atoms with van der Waals surface area (Å²) < 4.78 is 41.4. The zero-order chi connectivity index (χ0) is 14.0. The van der Waals surface area contributed by atoms with Gasteiger partial charge < -0.3 is 5.32 Å². The zero-order valence-electron chi connectivity index (χ0n) is 10.3. The average molecular weight is 287 g/mol. The number of rotatable bonds is 3. The molecule has 1 unspecified atom stereocenters. The molecule has 1 aromatic carbocycles. The van der Waals surface area contributed by atoms with Crippen molar-refractivity contribution in [3.05, 3.63) is 46.0 Å². The van der Waals surface area contributed by atoms with Gasteiger partial charge in [-0.25, -0.2) is 0 Å². The summed E-state index contributed by atoms with van der Waals surface area (Å²) in [5, 5.41) is 6.99. The molecule has 0 saturated carbocycles. The fourth-order valence-corrected chi connectivity index (χ4v) is 2.60. The number of alkyl halides is 3. The van der Waals surface area contributed by atoms with Crippen LogP contribution in [0, 0.1) is 6.92 Å². The molecule has 0 aliphatic carbocycles. The maximum Gasteiger partial charge on any atom is 0.416 e. The second-order valence-corrected chi connectivity index (χ2v) is 4.85. The lowest BCUT2D eigenvalue weighted by Gasteiger charge is -2.16. The van der Waals surface area contributed by atoms with Gasteiger partial charge in [-0.2, -0.15) is 13.2 Å². The topological polar surface area (TPSA) is 37.8 Å². The lowest BCUT2D eigenvalue weighted by molar-refractivity contribution is -0.137. The minimum Gasteiger partial charge on any atom is -0.309 e. The molecule has 1 aromatic heterocycles. The van der Waals surface area contributed by atoms with E-state index < -0.39 is 11.7 Å². The highest BCUT2D eigenvalue weighted by atomic mass is 32.1. The predicted molar refractivity (Wildman–Crippen MR) is 67.0 cm³/mol. The Balaban J connectivity index is 2.33. The normalized spacial score (nSPS) is 13.5. The van der Waals surface area contributed by atoms with Crippen molar-refractivity contribution in [2.45, 2.75) is 19.1 Å². The number of aromatic nitrogens is 2. The number of nitrogens with one attached hydrogen (secondary N) is 1. The Morgan fingerprint density at radius 3 is 2.26 bits per heavy atom. The third-order valence-electron chi connectivity index (χ3n) is 2.81. The molecular formula is C12H12F3N3S. The Bertz CT molecular complexity index is 548. The molecule has 2 rings (SSSR count). The number of hydrogen-bond donors (Lipinski definition) is 1. The first kappa shape index (κ1) is 14.0. The first-order chi connectivity index (χ1) is 8.93. The van der Waals surface area contributed by atoms with Gasteiger partial charge in [0.25, 0.3) is 0 Å². The van der Waals surface area contributed by atoms with Crippen LogP contribution < -0.4 is 5.32 Å². The van der Waals surface area contributed by atoms with E-state index >= 15 is 0 Å². The third kappa shape index (κ3) is 2.93. The summed E-state index contributed by atoms with van der Waals surface area (Å²) in [5.41, 5.74) is 0.888. The summed E-state index contributed by atoms with van der Waals surface area (Å²) in [6.07, 6.45) is -4.31. The largest absolute Gasteiger partial charge is 0.416 e. The van der Waals surface area contributed by atoms with Crippen molar-refractivity contribution in [3.8, 4) is 0 Å². The number of benzene rings is 1. The first-order valence-corrected chi connectivity index (χ1v) is 6.34. The molecule has 0 bridgehead atoms. The molecule has 1 atom stereocenters. The summed E-state index contributed by atoms with van der Waals surface area (Å²) in [6, 6.07) is 4.93. The van der Waals surface area contributed by atoms with E-state index in [4.69, 9.17) is 0 Å². The molecule has 19 heavy (non-hydrogen) atoms. The molecule has 7 heteroatoms. The molecule has 0 amide bonds. The maximum atomic E-state index is 12.5. The van der Waals surface area contributed by atoms with E-state index in [9.17, 15) is 13.2 Å². The van der Waals surface area contributed by atoms with E-state index in [2.05, 4.69) is 14.9 Å². The van der Waals surface area contributed by atoms with E-state index in [0.29, 0.717) is 0 Å². The van der Waals surface area contributed by atoms with Crippen molar-refractivity contribution in [3.63, 3.8) is 0 Å². The smallest absolute Gasteiger partial charge is 0.309 e. The monoisotopic (exact) mass is 287 g/mol. The van der Waals surface area contributed by atoms with Crippen LogP contribution in [0.5, 0.6) is 0 Å². The fraction of sp³-hybridized carbons (Fsp3) is 0.333. The van der Waals surface area contributed by atoms with E-state index in [0.717, 1.165) is 28.3 Å². The summed E-state index contributed by atoms with van der Waals surface area (Å²) in [5.74, 6) is 0. The highest BCUT2D eigenvalue weighted by molar-refractivity contribution is 7.05. The molecular weight excluding hydrogens is 275 g/mol.